The second-order valence-electron chi connectivity index (χ2n) is 5.28. The molecule has 1 fully saturated rings. The van der Waals surface area contributed by atoms with Gasteiger partial charge >= 0.3 is 0 Å². The molecule has 0 aromatic heterocycles. The number of halogens is 1. The van der Waals surface area contributed by atoms with Crippen molar-refractivity contribution in [2.75, 3.05) is 11.9 Å². The van der Waals surface area contributed by atoms with E-state index >= 15 is 0 Å². The predicted octanol–water partition coefficient (Wildman–Crippen LogP) is 2.09. The Hall–Kier alpha value is -1.10. The Morgan fingerprint density at radius 3 is 2.40 bits per heavy atom. The van der Waals surface area contributed by atoms with Gasteiger partial charge in [0.1, 0.15) is 0 Å². The third-order valence-electron chi connectivity index (χ3n) is 3.67. The summed E-state index contributed by atoms with van der Waals surface area (Å²) in [5.41, 5.74) is 2.18. The van der Waals surface area contributed by atoms with Crippen molar-refractivity contribution in [2.45, 2.75) is 45.2 Å². The minimum Gasteiger partial charge on any atom is -0.412 e. The third kappa shape index (κ3) is 4.47. The molecule has 1 aliphatic rings. The van der Waals surface area contributed by atoms with Gasteiger partial charge in [0, 0.05) is 18.8 Å². The quantitative estimate of drug-likeness (QED) is 0.909. The number of piperidine rings is 1. The fourth-order valence-electron chi connectivity index (χ4n) is 2.46. The van der Waals surface area contributed by atoms with Crippen LogP contribution in [0.3, 0.4) is 0 Å². The number of likely N-dealkylation sites (N-methyl/N-ethyl adjacent to an activating group) is 1. The van der Waals surface area contributed by atoms with Crippen molar-refractivity contribution in [1.29, 1.82) is 0 Å². The number of nitrogens with one attached hydrogen (secondary N) is 1. The Labute approximate surface area is 127 Å². The number of hydrogen-bond acceptors (Lipinski definition) is 2. The molecule has 1 saturated heterocycles. The molecular weight excluding hydrogens is 276 g/mol. The lowest BCUT2D eigenvalue weighted by molar-refractivity contribution is -0.121. The number of carbonyl (C=O) groups is 1. The van der Waals surface area contributed by atoms with E-state index in [0.29, 0.717) is 6.04 Å². The molecule has 0 spiro atoms. The fraction of sp³-hybridized carbons (Fsp3) is 0.533. The molecule has 1 aromatic carbocycles. The van der Waals surface area contributed by atoms with Crippen LogP contribution in [0.4, 0.5) is 5.69 Å². The van der Waals surface area contributed by atoms with Crippen LogP contribution in [0.25, 0.3) is 0 Å². The molecule has 0 bridgehead atoms. The molecular formula is C15H25ClN2O2. The van der Waals surface area contributed by atoms with Gasteiger partial charge in [-0.15, -0.1) is 12.4 Å². The van der Waals surface area contributed by atoms with E-state index in [0.717, 1.165) is 24.9 Å². The third-order valence-corrected chi connectivity index (χ3v) is 3.67. The first-order valence-electron chi connectivity index (χ1n) is 6.68. The summed E-state index contributed by atoms with van der Waals surface area (Å²) in [5.74, 6) is 0.172. The van der Waals surface area contributed by atoms with Gasteiger partial charge in [0.05, 0.1) is 6.04 Å². The molecule has 5 heteroatoms. The molecule has 2 unspecified atom stereocenters. The Morgan fingerprint density at radius 2 is 1.85 bits per heavy atom. The first-order chi connectivity index (χ1) is 8.58. The van der Waals surface area contributed by atoms with Gasteiger partial charge < -0.3 is 15.7 Å². The zero-order chi connectivity index (χ0) is 13.1. The summed E-state index contributed by atoms with van der Waals surface area (Å²) >= 11 is 0. The van der Waals surface area contributed by atoms with E-state index in [9.17, 15) is 4.79 Å². The van der Waals surface area contributed by atoms with Gasteiger partial charge in [0.15, 0.2) is 0 Å². The highest BCUT2D eigenvalue weighted by Crippen LogP contribution is 2.18. The molecule has 20 heavy (non-hydrogen) atoms. The first-order valence-corrected chi connectivity index (χ1v) is 6.68. The summed E-state index contributed by atoms with van der Waals surface area (Å²) in [6.07, 6.45) is 3.24. The molecule has 1 amide bonds. The number of benzene rings is 1. The fourth-order valence-corrected chi connectivity index (χ4v) is 2.46. The SMILES string of the molecule is Cc1ccc(N(C)C(=O)C2CCCC(C)N2)cc1.Cl.O. The highest BCUT2D eigenvalue weighted by atomic mass is 35.5. The van der Waals surface area contributed by atoms with Crippen LogP contribution < -0.4 is 10.2 Å². The lowest BCUT2D eigenvalue weighted by Gasteiger charge is -2.31. The van der Waals surface area contributed by atoms with Gasteiger partial charge in [-0.05, 0) is 45.2 Å². The summed E-state index contributed by atoms with van der Waals surface area (Å²) in [6, 6.07) is 8.49. The molecule has 0 saturated carbocycles. The lowest BCUT2D eigenvalue weighted by Crippen LogP contribution is -2.50. The minimum atomic E-state index is -0.0277. The minimum absolute atomic E-state index is 0. The Kier molecular flexibility index (Phi) is 7.79. The van der Waals surface area contributed by atoms with E-state index in [1.54, 1.807) is 4.90 Å². The molecule has 0 aliphatic carbocycles. The summed E-state index contributed by atoms with van der Waals surface area (Å²) in [4.78, 5) is 14.2. The molecule has 3 N–H and O–H groups in total. The standard InChI is InChI=1S/C15H22N2O.ClH.H2O/c1-11-7-9-13(10-8-11)17(3)15(18)14-6-4-5-12(2)16-14;;/h7-10,12,14,16H,4-6H2,1-3H3;1H;1H2. The van der Waals surface area contributed by atoms with Crippen molar-refractivity contribution >= 4 is 24.0 Å². The molecule has 1 aromatic rings. The Bertz CT molecular complexity index is 422. The number of rotatable bonds is 2. The van der Waals surface area contributed by atoms with E-state index in [-0.39, 0.29) is 29.8 Å². The van der Waals surface area contributed by atoms with E-state index in [1.165, 1.54) is 5.56 Å². The predicted molar refractivity (Wildman–Crippen MR) is 85.7 cm³/mol. The molecule has 114 valence electrons. The number of hydrogen-bond donors (Lipinski definition) is 1. The number of anilines is 1. The van der Waals surface area contributed by atoms with E-state index < -0.39 is 0 Å². The monoisotopic (exact) mass is 300 g/mol. The molecule has 1 heterocycles. The smallest absolute Gasteiger partial charge is 0.243 e. The van der Waals surface area contributed by atoms with Crippen molar-refractivity contribution < 1.29 is 10.3 Å². The van der Waals surface area contributed by atoms with Gasteiger partial charge in [-0.1, -0.05) is 17.7 Å². The number of nitrogens with zero attached hydrogens (tertiary/aromatic N) is 1. The van der Waals surface area contributed by atoms with Gasteiger partial charge in [0.25, 0.3) is 0 Å². The van der Waals surface area contributed by atoms with Crippen LogP contribution in [-0.4, -0.2) is 30.5 Å². The molecule has 1 aliphatic heterocycles. The molecule has 2 rings (SSSR count). The molecule has 2 atom stereocenters. The van der Waals surface area contributed by atoms with Crippen LogP contribution >= 0.6 is 12.4 Å². The Balaban J connectivity index is 0.00000180. The topological polar surface area (TPSA) is 63.8 Å². The van der Waals surface area contributed by atoms with Crippen LogP contribution in [0, 0.1) is 6.92 Å². The van der Waals surface area contributed by atoms with Crippen LogP contribution in [0.15, 0.2) is 24.3 Å². The number of amides is 1. The summed E-state index contributed by atoms with van der Waals surface area (Å²) in [5, 5.41) is 3.39. The zero-order valence-electron chi connectivity index (χ0n) is 12.3. The van der Waals surface area contributed by atoms with Crippen molar-refractivity contribution in [3.8, 4) is 0 Å². The van der Waals surface area contributed by atoms with Crippen molar-refractivity contribution in [3.63, 3.8) is 0 Å². The Morgan fingerprint density at radius 1 is 1.25 bits per heavy atom. The van der Waals surface area contributed by atoms with E-state index in [1.807, 2.05) is 31.3 Å². The van der Waals surface area contributed by atoms with Crippen LogP contribution in [-0.2, 0) is 4.79 Å². The molecule has 4 nitrogen and oxygen atoms in total. The van der Waals surface area contributed by atoms with Crippen LogP contribution in [0.1, 0.15) is 31.7 Å². The first kappa shape index (κ1) is 18.9. The van der Waals surface area contributed by atoms with Gasteiger partial charge in [-0.25, -0.2) is 0 Å². The highest BCUT2D eigenvalue weighted by Gasteiger charge is 2.26. The normalized spacial score (nSPS) is 21.4. The number of carbonyl (C=O) groups excluding carboxylic acids is 1. The maximum absolute atomic E-state index is 12.4. The van der Waals surface area contributed by atoms with Crippen molar-refractivity contribution in [2.24, 2.45) is 0 Å². The molecule has 0 radical (unpaired) electrons. The lowest BCUT2D eigenvalue weighted by atomic mass is 9.98. The highest BCUT2D eigenvalue weighted by molar-refractivity contribution is 5.96. The van der Waals surface area contributed by atoms with Gasteiger partial charge in [-0.3, -0.25) is 4.79 Å². The summed E-state index contributed by atoms with van der Waals surface area (Å²) in [6.45, 7) is 4.20. The average Bonchev–Trinajstić information content (AvgIpc) is 2.38. The van der Waals surface area contributed by atoms with Crippen LogP contribution in [0.5, 0.6) is 0 Å². The zero-order valence-corrected chi connectivity index (χ0v) is 13.2. The van der Waals surface area contributed by atoms with Crippen molar-refractivity contribution in [3.05, 3.63) is 29.8 Å². The summed E-state index contributed by atoms with van der Waals surface area (Å²) in [7, 11) is 1.86. The second kappa shape index (κ2) is 8.25. The number of aryl methyl sites for hydroxylation is 1. The maximum atomic E-state index is 12.4. The average molecular weight is 301 g/mol. The second-order valence-corrected chi connectivity index (χ2v) is 5.28. The summed E-state index contributed by atoms with van der Waals surface area (Å²) < 4.78 is 0. The van der Waals surface area contributed by atoms with E-state index in [2.05, 4.69) is 19.2 Å². The maximum Gasteiger partial charge on any atom is 0.243 e. The van der Waals surface area contributed by atoms with Crippen molar-refractivity contribution in [1.82, 2.24) is 5.32 Å². The van der Waals surface area contributed by atoms with E-state index in [4.69, 9.17) is 0 Å². The van der Waals surface area contributed by atoms with Gasteiger partial charge in [0.2, 0.25) is 5.91 Å². The largest absolute Gasteiger partial charge is 0.412 e. The van der Waals surface area contributed by atoms with Crippen LogP contribution in [0.2, 0.25) is 0 Å². The van der Waals surface area contributed by atoms with Gasteiger partial charge in [-0.2, -0.15) is 0 Å².